The van der Waals surface area contributed by atoms with Gasteiger partial charge in [-0.15, -0.1) is 0 Å². The van der Waals surface area contributed by atoms with Crippen LogP contribution in [-0.4, -0.2) is 55.3 Å². The highest BCUT2D eigenvalue weighted by Gasteiger charge is 2.27. The van der Waals surface area contributed by atoms with E-state index < -0.39 is 0 Å². The fourth-order valence-electron chi connectivity index (χ4n) is 4.12. The predicted molar refractivity (Wildman–Crippen MR) is 111 cm³/mol. The van der Waals surface area contributed by atoms with Crippen molar-refractivity contribution in [2.75, 3.05) is 44.2 Å². The third-order valence-electron chi connectivity index (χ3n) is 5.64. The lowest BCUT2D eigenvalue weighted by Crippen LogP contribution is -2.50. The maximum Gasteiger partial charge on any atom is 0.171 e. The monoisotopic (exact) mass is 393 g/mol. The number of aromatic nitrogens is 1. The number of benzene rings is 2. The first-order valence-electron chi connectivity index (χ1n) is 10.1. The van der Waals surface area contributed by atoms with E-state index >= 15 is 0 Å². The van der Waals surface area contributed by atoms with Crippen LogP contribution < -0.4 is 14.4 Å². The van der Waals surface area contributed by atoms with Crippen LogP contribution in [0.25, 0.3) is 10.9 Å². The van der Waals surface area contributed by atoms with Gasteiger partial charge in [-0.25, -0.2) is 4.39 Å². The molecule has 0 spiro atoms. The molecule has 3 aromatic rings. The second-order valence-corrected chi connectivity index (χ2v) is 7.73. The molecule has 1 atom stereocenters. The van der Waals surface area contributed by atoms with E-state index in [-0.39, 0.29) is 11.9 Å². The first-order valence-corrected chi connectivity index (χ1v) is 10.1. The molecule has 1 fully saturated rings. The number of hydrogen-bond donors (Lipinski definition) is 0. The van der Waals surface area contributed by atoms with Gasteiger partial charge in [0.15, 0.2) is 11.5 Å². The molecule has 5 nitrogen and oxygen atoms in total. The largest absolute Gasteiger partial charge is 0.486 e. The lowest BCUT2D eigenvalue weighted by atomic mass is 10.1. The molecule has 6 heteroatoms. The molecular weight excluding hydrogens is 369 g/mol. The summed E-state index contributed by atoms with van der Waals surface area (Å²) in [6.45, 7) is 6.93. The molecule has 150 valence electrons. The number of pyridine rings is 1. The SMILES string of the molecule is Cc1ccc2c3c(ccc2n1)OC[C@H](CN1CCN(c2cccc(F)c2)CC1)O3. The van der Waals surface area contributed by atoms with E-state index in [1.54, 1.807) is 12.1 Å². The van der Waals surface area contributed by atoms with Gasteiger partial charge in [0.05, 0.1) is 5.52 Å². The van der Waals surface area contributed by atoms with Crippen LogP contribution in [0.2, 0.25) is 0 Å². The summed E-state index contributed by atoms with van der Waals surface area (Å²) in [6.07, 6.45) is -0.0184. The van der Waals surface area contributed by atoms with Crippen molar-refractivity contribution in [2.24, 2.45) is 0 Å². The van der Waals surface area contributed by atoms with Gasteiger partial charge in [-0.3, -0.25) is 9.88 Å². The molecule has 0 saturated carbocycles. The minimum absolute atomic E-state index is 0.0184. The van der Waals surface area contributed by atoms with Crippen LogP contribution in [0.1, 0.15) is 5.69 Å². The Kier molecular flexibility index (Phi) is 4.72. The third-order valence-corrected chi connectivity index (χ3v) is 5.64. The molecule has 2 aliphatic heterocycles. The van der Waals surface area contributed by atoms with Crippen molar-refractivity contribution < 1.29 is 13.9 Å². The summed E-state index contributed by atoms with van der Waals surface area (Å²) in [5, 5.41) is 0.994. The highest BCUT2D eigenvalue weighted by atomic mass is 19.1. The minimum atomic E-state index is -0.187. The third kappa shape index (κ3) is 3.72. The number of nitrogens with zero attached hydrogens (tertiary/aromatic N) is 3. The van der Waals surface area contributed by atoms with Crippen molar-refractivity contribution in [3.05, 3.63) is 60.0 Å². The Labute approximate surface area is 169 Å². The topological polar surface area (TPSA) is 37.8 Å². The Morgan fingerprint density at radius 1 is 1.07 bits per heavy atom. The normalized spacial score (nSPS) is 19.5. The van der Waals surface area contributed by atoms with E-state index in [1.807, 2.05) is 31.2 Å². The van der Waals surface area contributed by atoms with E-state index in [0.717, 1.165) is 66.5 Å². The zero-order valence-corrected chi connectivity index (χ0v) is 16.5. The number of piperazine rings is 1. The first-order chi connectivity index (χ1) is 14.2. The lowest BCUT2D eigenvalue weighted by Gasteiger charge is -2.38. The van der Waals surface area contributed by atoms with E-state index in [9.17, 15) is 4.39 Å². The molecule has 29 heavy (non-hydrogen) atoms. The van der Waals surface area contributed by atoms with Crippen molar-refractivity contribution in [1.29, 1.82) is 0 Å². The van der Waals surface area contributed by atoms with Gasteiger partial charge < -0.3 is 14.4 Å². The average Bonchev–Trinajstić information content (AvgIpc) is 2.74. The van der Waals surface area contributed by atoms with Crippen molar-refractivity contribution in [3.63, 3.8) is 0 Å². The Hall–Kier alpha value is -2.86. The maximum atomic E-state index is 13.5. The Bertz CT molecular complexity index is 1030. The lowest BCUT2D eigenvalue weighted by molar-refractivity contribution is 0.0587. The summed E-state index contributed by atoms with van der Waals surface area (Å²) in [7, 11) is 0. The van der Waals surface area contributed by atoms with Gasteiger partial charge in [-0.2, -0.15) is 0 Å². The first kappa shape index (κ1) is 18.2. The average molecular weight is 393 g/mol. The van der Waals surface area contributed by atoms with Crippen LogP contribution in [0.3, 0.4) is 0 Å². The quantitative estimate of drug-likeness (QED) is 0.679. The zero-order chi connectivity index (χ0) is 19.8. The van der Waals surface area contributed by atoms with Gasteiger partial charge >= 0.3 is 0 Å². The van der Waals surface area contributed by atoms with Crippen LogP contribution in [0.4, 0.5) is 10.1 Å². The van der Waals surface area contributed by atoms with Crippen LogP contribution in [0, 0.1) is 12.7 Å². The van der Waals surface area contributed by atoms with E-state index in [1.165, 1.54) is 6.07 Å². The molecular formula is C23H24FN3O2. The van der Waals surface area contributed by atoms with Crippen LogP contribution >= 0.6 is 0 Å². The second kappa shape index (κ2) is 7.52. The number of fused-ring (bicyclic) bond motifs is 3. The van der Waals surface area contributed by atoms with E-state index in [2.05, 4.69) is 20.9 Å². The Balaban J connectivity index is 1.24. The predicted octanol–water partition coefficient (Wildman–Crippen LogP) is 3.64. The van der Waals surface area contributed by atoms with Crippen LogP contribution in [0.5, 0.6) is 11.5 Å². The molecule has 0 bridgehead atoms. The summed E-state index contributed by atoms with van der Waals surface area (Å²) < 4.78 is 25.8. The summed E-state index contributed by atoms with van der Waals surface area (Å²) >= 11 is 0. The number of rotatable bonds is 3. The van der Waals surface area contributed by atoms with Gasteiger partial charge in [0.25, 0.3) is 0 Å². The molecule has 0 amide bonds. The molecule has 0 radical (unpaired) electrons. The Morgan fingerprint density at radius 3 is 2.76 bits per heavy atom. The molecule has 2 aliphatic rings. The van der Waals surface area contributed by atoms with Gasteiger partial charge in [-0.05, 0) is 49.4 Å². The van der Waals surface area contributed by atoms with Crippen molar-refractivity contribution in [2.45, 2.75) is 13.0 Å². The van der Waals surface area contributed by atoms with E-state index in [4.69, 9.17) is 9.47 Å². The fourth-order valence-corrected chi connectivity index (χ4v) is 4.12. The molecule has 0 aliphatic carbocycles. The van der Waals surface area contributed by atoms with Gasteiger partial charge in [0.1, 0.15) is 18.5 Å². The molecule has 1 saturated heterocycles. The molecule has 5 rings (SSSR count). The van der Waals surface area contributed by atoms with Crippen molar-refractivity contribution in [1.82, 2.24) is 9.88 Å². The smallest absolute Gasteiger partial charge is 0.171 e. The van der Waals surface area contributed by atoms with Crippen molar-refractivity contribution in [3.8, 4) is 11.5 Å². The maximum absolute atomic E-state index is 13.5. The Morgan fingerprint density at radius 2 is 1.93 bits per heavy atom. The molecule has 0 unspecified atom stereocenters. The summed E-state index contributed by atoms with van der Waals surface area (Å²) in [5.74, 6) is 1.40. The number of aryl methyl sites for hydroxylation is 1. The number of hydrogen-bond acceptors (Lipinski definition) is 5. The standard InChI is InChI=1S/C23H24FN3O2/c1-16-5-6-20-21(25-16)7-8-22-23(20)29-19(15-28-22)14-26-9-11-27(12-10-26)18-4-2-3-17(24)13-18/h2-8,13,19H,9-12,14-15H2,1H3/t19-/m0/s1. The molecule has 1 aromatic heterocycles. The summed E-state index contributed by atoms with van der Waals surface area (Å²) in [5.41, 5.74) is 2.86. The number of ether oxygens (including phenoxy) is 2. The van der Waals surface area contributed by atoms with Gasteiger partial charge in [0.2, 0.25) is 0 Å². The summed E-state index contributed by atoms with van der Waals surface area (Å²) in [6, 6.07) is 14.8. The van der Waals surface area contributed by atoms with Gasteiger partial charge in [-0.1, -0.05) is 6.07 Å². The van der Waals surface area contributed by atoms with Crippen LogP contribution in [0.15, 0.2) is 48.5 Å². The van der Waals surface area contributed by atoms with Crippen molar-refractivity contribution >= 4 is 16.6 Å². The fraction of sp³-hybridized carbons (Fsp3) is 0.348. The van der Waals surface area contributed by atoms with E-state index in [0.29, 0.717) is 6.61 Å². The zero-order valence-electron chi connectivity index (χ0n) is 16.5. The minimum Gasteiger partial charge on any atom is -0.486 e. The number of anilines is 1. The highest BCUT2D eigenvalue weighted by Crippen LogP contribution is 2.38. The number of halogens is 1. The highest BCUT2D eigenvalue weighted by molar-refractivity contribution is 5.88. The molecule has 2 aromatic carbocycles. The molecule has 0 N–H and O–H groups in total. The second-order valence-electron chi connectivity index (χ2n) is 7.73. The van der Waals surface area contributed by atoms with Gasteiger partial charge in [0, 0.05) is 49.5 Å². The van der Waals surface area contributed by atoms with Crippen LogP contribution in [-0.2, 0) is 0 Å². The summed E-state index contributed by atoms with van der Waals surface area (Å²) in [4.78, 5) is 9.21. The molecule has 3 heterocycles.